The van der Waals surface area contributed by atoms with Crippen LogP contribution in [0.2, 0.25) is 0 Å². The Morgan fingerprint density at radius 1 is 1.00 bits per heavy atom. The Morgan fingerprint density at radius 2 is 1.81 bits per heavy atom. The van der Waals surface area contributed by atoms with E-state index in [9.17, 15) is 0 Å². The maximum Gasteiger partial charge on any atom is 0.0447 e. The van der Waals surface area contributed by atoms with Crippen LogP contribution in [0, 0.1) is 13.8 Å². The molecule has 1 aliphatic heterocycles. The number of benzene rings is 2. The minimum atomic E-state index is 0.443. The fourth-order valence-corrected chi connectivity index (χ4v) is 3.58. The lowest BCUT2D eigenvalue weighted by atomic mass is 10.1. The van der Waals surface area contributed by atoms with E-state index in [2.05, 4.69) is 66.9 Å². The first-order valence-electron chi connectivity index (χ1n) is 7.51. The lowest BCUT2D eigenvalue weighted by Gasteiger charge is -2.25. The van der Waals surface area contributed by atoms with E-state index in [0.717, 1.165) is 19.6 Å². The molecule has 0 saturated carbocycles. The highest BCUT2D eigenvalue weighted by atomic mass is 32.2. The van der Waals surface area contributed by atoms with Gasteiger partial charge in [0.2, 0.25) is 0 Å². The topological polar surface area (TPSA) is 24.1 Å². The van der Waals surface area contributed by atoms with E-state index < -0.39 is 0 Å². The highest BCUT2D eigenvalue weighted by molar-refractivity contribution is 7.99. The molecule has 1 saturated heterocycles. The zero-order valence-corrected chi connectivity index (χ0v) is 13.5. The normalized spacial score (nSPS) is 18.7. The van der Waals surface area contributed by atoms with Gasteiger partial charge >= 0.3 is 0 Å². The van der Waals surface area contributed by atoms with Gasteiger partial charge in [-0.25, -0.2) is 0 Å². The van der Waals surface area contributed by atoms with E-state index in [1.54, 1.807) is 0 Å². The van der Waals surface area contributed by atoms with Crippen molar-refractivity contribution in [3.63, 3.8) is 0 Å². The molecule has 0 aliphatic carbocycles. The Balaban J connectivity index is 1.71. The third kappa shape index (κ3) is 3.67. The first-order valence-corrected chi connectivity index (χ1v) is 8.33. The molecule has 0 bridgehead atoms. The monoisotopic (exact) mass is 298 g/mol. The van der Waals surface area contributed by atoms with Crippen LogP contribution in [-0.2, 0) is 0 Å². The van der Waals surface area contributed by atoms with E-state index >= 15 is 0 Å². The van der Waals surface area contributed by atoms with Crippen LogP contribution in [0.15, 0.2) is 52.3 Å². The molecule has 2 N–H and O–H groups in total. The summed E-state index contributed by atoms with van der Waals surface area (Å²) in [5.41, 5.74) is 4.04. The maximum atomic E-state index is 3.55. The number of hydrogen-bond donors (Lipinski definition) is 2. The molecular weight excluding hydrogens is 276 g/mol. The van der Waals surface area contributed by atoms with Crippen LogP contribution < -0.4 is 10.6 Å². The van der Waals surface area contributed by atoms with E-state index in [4.69, 9.17) is 0 Å². The number of aryl methyl sites for hydroxylation is 2. The van der Waals surface area contributed by atoms with Gasteiger partial charge in [0, 0.05) is 35.5 Å². The van der Waals surface area contributed by atoms with Crippen LogP contribution >= 0.6 is 11.8 Å². The minimum Gasteiger partial charge on any atom is -0.314 e. The summed E-state index contributed by atoms with van der Waals surface area (Å²) in [6, 6.07) is 16.0. The average Bonchev–Trinajstić information content (AvgIpc) is 2.52. The predicted molar refractivity (Wildman–Crippen MR) is 90.1 cm³/mol. The maximum absolute atomic E-state index is 3.55. The van der Waals surface area contributed by atoms with Crippen LogP contribution in [0.3, 0.4) is 0 Å². The van der Waals surface area contributed by atoms with Gasteiger partial charge in [-0.05, 0) is 43.2 Å². The molecule has 1 atom stereocenters. The number of rotatable bonds is 3. The summed E-state index contributed by atoms with van der Waals surface area (Å²) in [7, 11) is 0. The molecule has 0 amide bonds. The van der Waals surface area contributed by atoms with Gasteiger partial charge in [-0.1, -0.05) is 41.6 Å². The second-order valence-electron chi connectivity index (χ2n) is 5.65. The van der Waals surface area contributed by atoms with Crippen molar-refractivity contribution in [1.82, 2.24) is 10.6 Å². The van der Waals surface area contributed by atoms with Crippen LogP contribution in [-0.4, -0.2) is 19.6 Å². The molecule has 2 nitrogen and oxygen atoms in total. The third-order valence-corrected chi connectivity index (χ3v) is 5.07. The summed E-state index contributed by atoms with van der Waals surface area (Å²) < 4.78 is 0. The fraction of sp³-hybridized carbons (Fsp3) is 0.333. The molecule has 3 rings (SSSR count). The molecule has 2 aromatic rings. The standard InChI is InChI=1S/C18H22N2S/c1-13-3-8-18(14(2)11-13)21-16-6-4-15(5-7-16)17-12-19-9-10-20-17/h3-8,11,17,19-20H,9-10,12H2,1-2H3. The second-order valence-corrected chi connectivity index (χ2v) is 6.77. The SMILES string of the molecule is Cc1ccc(Sc2ccc(C3CNCCN3)cc2)c(C)c1. The van der Waals surface area contributed by atoms with E-state index in [1.165, 1.54) is 26.5 Å². The number of hydrogen-bond acceptors (Lipinski definition) is 3. The van der Waals surface area contributed by atoms with Gasteiger partial charge in [-0.15, -0.1) is 0 Å². The van der Waals surface area contributed by atoms with Gasteiger partial charge in [0.25, 0.3) is 0 Å². The largest absolute Gasteiger partial charge is 0.314 e. The molecule has 1 aliphatic rings. The Hall–Kier alpha value is -1.29. The van der Waals surface area contributed by atoms with Gasteiger partial charge in [-0.2, -0.15) is 0 Å². The van der Waals surface area contributed by atoms with E-state index in [0.29, 0.717) is 6.04 Å². The Kier molecular flexibility index (Phi) is 4.63. The molecule has 1 unspecified atom stereocenters. The molecule has 0 aromatic heterocycles. The van der Waals surface area contributed by atoms with Gasteiger partial charge in [0.15, 0.2) is 0 Å². The van der Waals surface area contributed by atoms with Gasteiger partial charge in [0.1, 0.15) is 0 Å². The molecule has 1 fully saturated rings. The summed E-state index contributed by atoms with van der Waals surface area (Å²) in [5, 5.41) is 6.98. The highest BCUT2D eigenvalue weighted by Gasteiger charge is 2.13. The summed E-state index contributed by atoms with van der Waals surface area (Å²) in [5.74, 6) is 0. The highest BCUT2D eigenvalue weighted by Crippen LogP contribution is 2.31. The van der Waals surface area contributed by atoms with Crippen molar-refractivity contribution in [2.45, 2.75) is 29.7 Å². The van der Waals surface area contributed by atoms with Crippen molar-refractivity contribution in [2.75, 3.05) is 19.6 Å². The lowest BCUT2D eigenvalue weighted by Crippen LogP contribution is -2.42. The minimum absolute atomic E-state index is 0.443. The van der Waals surface area contributed by atoms with Gasteiger partial charge in [0.05, 0.1) is 0 Å². The zero-order valence-electron chi connectivity index (χ0n) is 12.6. The summed E-state index contributed by atoms with van der Waals surface area (Å²) in [4.78, 5) is 2.64. The Bertz CT molecular complexity index is 601. The quantitative estimate of drug-likeness (QED) is 0.904. The number of nitrogens with one attached hydrogen (secondary N) is 2. The average molecular weight is 298 g/mol. The molecule has 1 heterocycles. The fourth-order valence-electron chi connectivity index (χ4n) is 2.70. The van der Waals surface area contributed by atoms with E-state index in [1.807, 2.05) is 11.8 Å². The van der Waals surface area contributed by atoms with Crippen molar-refractivity contribution in [2.24, 2.45) is 0 Å². The molecule has 3 heteroatoms. The van der Waals surface area contributed by atoms with Crippen molar-refractivity contribution in [1.29, 1.82) is 0 Å². The lowest BCUT2D eigenvalue weighted by molar-refractivity contribution is 0.430. The Morgan fingerprint density at radius 3 is 2.48 bits per heavy atom. The summed E-state index contributed by atoms with van der Waals surface area (Å²) in [6.45, 7) is 7.45. The van der Waals surface area contributed by atoms with Crippen LogP contribution in [0.25, 0.3) is 0 Å². The first-order chi connectivity index (χ1) is 10.2. The molecule has 2 aromatic carbocycles. The summed E-state index contributed by atoms with van der Waals surface area (Å²) in [6.07, 6.45) is 0. The molecule has 0 radical (unpaired) electrons. The molecule has 0 spiro atoms. The van der Waals surface area contributed by atoms with Crippen molar-refractivity contribution in [3.8, 4) is 0 Å². The van der Waals surface area contributed by atoms with Crippen molar-refractivity contribution >= 4 is 11.8 Å². The second kappa shape index (κ2) is 6.65. The van der Waals surface area contributed by atoms with Gasteiger partial charge in [-0.3, -0.25) is 0 Å². The van der Waals surface area contributed by atoms with Gasteiger partial charge < -0.3 is 10.6 Å². The van der Waals surface area contributed by atoms with Crippen LogP contribution in [0.5, 0.6) is 0 Å². The van der Waals surface area contributed by atoms with Crippen LogP contribution in [0.1, 0.15) is 22.7 Å². The van der Waals surface area contributed by atoms with E-state index in [-0.39, 0.29) is 0 Å². The Labute approximate surface area is 131 Å². The molecule has 21 heavy (non-hydrogen) atoms. The summed E-state index contributed by atoms with van der Waals surface area (Å²) >= 11 is 1.84. The molecule has 110 valence electrons. The van der Waals surface area contributed by atoms with Crippen molar-refractivity contribution < 1.29 is 0 Å². The first kappa shape index (κ1) is 14.6. The number of piperazine rings is 1. The van der Waals surface area contributed by atoms with Crippen molar-refractivity contribution in [3.05, 3.63) is 59.2 Å². The van der Waals surface area contributed by atoms with Crippen LogP contribution in [0.4, 0.5) is 0 Å². The predicted octanol–water partition coefficient (Wildman–Crippen LogP) is 3.69. The smallest absolute Gasteiger partial charge is 0.0447 e. The molecular formula is C18H22N2S. The zero-order chi connectivity index (χ0) is 14.7. The third-order valence-electron chi connectivity index (χ3n) is 3.88.